The topological polar surface area (TPSA) is 72.0 Å². The van der Waals surface area contributed by atoms with Gasteiger partial charge in [0.05, 0.1) is 10.7 Å². The Morgan fingerprint density at radius 1 is 1.26 bits per heavy atom. The first-order valence-electron chi connectivity index (χ1n) is 6.26. The predicted octanol–water partition coefficient (Wildman–Crippen LogP) is 3.65. The zero-order chi connectivity index (χ0) is 17.2. The third-order valence-corrected chi connectivity index (χ3v) is 4.26. The van der Waals surface area contributed by atoms with Crippen LogP contribution < -0.4 is 4.72 Å². The molecule has 1 aromatic carbocycles. The van der Waals surface area contributed by atoms with Crippen LogP contribution in [0.5, 0.6) is 0 Å². The summed E-state index contributed by atoms with van der Waals surface area (Å²) >= 11 is 11.8. The molecule has 124 valence electrons. The van der Waals surface area contributed by atoms with Gasteiger partial charge in [-0.15, -0.1) is 0 Å². The van der Waals surface area contributed by atoms with Crippen LogP contribution in [0.2, 0.25) is 10.2 Å². The Morgan fingerprint density at radius 3 is 2.57 bits per heavy atom. The first-order valence-corrected chi connectivity index (χ1v) is 8.56. The van der Waals surface area contributed by atoms with Crippen molar-refractivity contribution in [3.63, 3.8) is 0 Å². The van der Waals surface area contributed by atoms with Crippen molar-refractivity contribution in [1.29, 1.82) is 0 Å². The predicted molar refractivity (Wildman–Crippen MR) is 84.6 cm³/mol. The summed E-state index contributed by atoms with van der Waals surface area (Å²) < 4.78 is 49.7. The van der Waals surface area contributed by atoms with Crippen LogP contribution in [0.25, 0.3) is 0 Å². The van der Waals surface area contributed by atoms with Gasteiger partial charge in [0.1, 0.15) is 11.0 Å². The third-order valence-electron chi connectivity index (χ3n) is 2.80. The molecule has 0 bridgehead atoms. The van der Waals surface area contributed by atoms with Gasteiger partial charge in [-0.2, -0.15) is 8.78 Å². The average Bonchev–Trinajstić information content (AvgIpc) is 2.41. The number of alkyl halides is 2. The molecule has 0 amide bonds. The summed E-state index contributed by atoms with van der Waals surface area (Å²) in [5, 5.41) is 0.217. The molecule has 2 rings (SSSR count). The van der Waals surface area contributed by atoms with Crippen molar-refractivity contribution in [2.75, 3.05) is 4.72 Å². The fourth-order valence-corrected chi connectivity index (χ4v) is 3.02. The van der Waals surface area contributed by atoms with Gasteiger partial charge in [-0.1, -0.05) is 35.3 Å². The van der Waals surface area contributed by atoms with E-state index in [1.165, 1.54) is 12.1 Å². The SMILES string of the molecule is Cc1cc(Cl)nc(Cc2cccc(Cl)c2NS(=O)(=O)C(F)F)n1. The lowest BCUT2D eigenvalue weighted by molar-refractivity contribution is 0.236. The lowest BCUT2D eigenvalue weighted by atomic mass is 10.1. The molecule has 1 aromatic heterocycles. The maximum Gasteiger partial charge on any atom is 0.355 e. The Bertz CT molecular complexity index is 812. The van der Waals surface area contributed by atoms with Crippen molar-refractivity contribution < 1.29 is 17.2 Å². The van der Waals surface area contributed by atoms with Gasteiger partial charge >= 0.3 is 5.76 Å². The van der Waals surface area contributed by atoms with Crippen LogP contribution in [-0.4, -0.2) is 24.1 Å². The van der Waals surface area contributed by atoms with E-state index in [1.54, 1.807) is 23.8 Å². The molecular weight excluding hydrogens is 371 g/mol. The second kappa shape index (κ2) is 6.94. The second-order valence-electron chi connectivity index (χ2n) is 4.61. The van der Waals surface area contributed by atoms with Crippen molar-refractivity contribution >= 4 is 38.9 Å². The minimum Gasteiger partial charge on any atom is -0.277 e. The molecule has 5 nitrogen and oxygen atoms in total. The summed E-state index contributed by atoms with van der Waals surface area (Å²) in [7, 11) is -4.84. The van der Waals surface area contributed by atoms with Crippen molar-refractivity contribution in [3.8, 4) is 0 Å². The highest BCUT2D eigenvalue weighted by molar-refractivity contribution is 7.93. The fourth-order valence-electron chi connectivity index (χ4n) is 1.86. The number of nitrogens with one attached hydrogen (secondary N) is 1. The summed E-state index contributed by atoms with van der Waals surface area (Å²) in [6.45, 7) is 1.72. The quantitative estimate of drug-likeness (QED) is 0.802. The molecule has 0 saturated heterocycles. The third kappa shape index (κ3) is 4.49. The Labute approximate surface area is 141 Å². The number of aromatic nitrogens is 2. The van der Waals surface area contributed by atoms with Gasteiger partial charge < -0.3 is 0 Å². The zero-order valence-electron chi connectivity index (χ0n) is 11.7. The number of nitrogens with zero attached hydrogens (tertiary/aromatic N) is 2. The van der Waals surface area contributed by atoms with E-state index in [9.17, 15) is 17.2 Å². The number of anilines is 1. The summed E-state index contributed by atoms with van der Waals surface area (Å²) in [6, 6.07) is 6.05. The van der Waals surface area contributed by atoms with Crippen molar-refractivity contribution in [2.24, 2.45) is 0 Å². The lowest BCUT2D eigenvalue weighted by Crippen LogP contribution is -2.21. The molecule has 0 aliphatic rings. The molecule has 10 heteroatoms. The molecule has 23 heavy (non-hydrogen) atoms. The molecule has 0 radical (unpaired) electrons. The highest BCUT2D eigenvalue weighted by Crippen LogP contribution is 2.29. The van der Waals surface area contributed by atoms with Crippen LogP contribution >= 0.6 is 23.2 Å². The lowest BCUT2D eigenvalue weighted by Gasteiger charge is -2.13. The van der Waals surface area contributed by atoms with E-state index in [2.05, 4.69) is 9.97 Å². The van der Waals surface area contributed by atoms with E-state index in [0.717, 1.165) is 0 Å². The molecule has 0 atom stereocenters. The average molecular weight is 382 g/mol. The first-order chi connectivity index (χ1) is 10.7. The number of hydrogen-bond donors (Lipinski definition) is 1. The van der Waals surface area contributed by atoms with Crippen LogP contribution in [0.3, 0.4) is 0 Å². The molecule has 1 heterocycles. The number of hydrogen-bond acceptors (Lipinski definition) is 4. The molecule has 1 N–H and O–H groups in total. The molecule has 0 fully saturated rings. The molecule has 0 aliphatic carbocycles. The van der Waals surface area contributed by atoms with Crippen LogP contribution in [0.15, 0.2) is 24.3 Å². The second-order valence-corrected chi connectivity index (χ2v) is 7.05. The number of para-hydroxylation sites is 1. The van der Waals surface area contributed by atoms with E-state index >= 15 is 0 Å². The highest BCUT2D eigenvalue weighted by Gasteiger charge is 2.26. The molecule has 0 aliphatic heterocycles. The molecule has 2 aromatic rings. The Morgan fingerprint density at radius 2 is 1.96 bits per heavy atom. The Kier molecular flexibility index (Phi) is 5.38. The van der Waals surface area contributed by atoms with Crippen LogP contribution in [0.1, 0.15) is 17.1 Å². The summed E-state index contributed by atoms with van der Waals surface area (Å²) in [5.74, 6) is -3.26. The summed E-state index contributed by atoms with van der Waals surface area (Å²) in [4.78, 5) is 8.19. The highest BCUT2D eigenvalue weighted by atomic mass is 35.5. The molecule has 0 spiro atoms. The monoisotopic (exact) mass is 381 g/mol. The van der Waals surface area contributed by atoms with E-state index in [0.29, 0.717) is 17.1 Å². The normalized spacial score (nSPS) is 11.7. The molecule has 0 saturated carbocycles. The smallest absolute Gasteiger partial charge is 0.277 e. The number of rotatable bonds is 5. The van der Waals surface area contributed by atoms with Crippen molar-refractivity contribution in [2.45, 2.75) is 19.1 Å². The summed E-state index contributed by atoms with van der Waals surface area (Å²) in [5.41, 5.74) is 0.843. The number of aryl methyl sites for hydroxylation is 1. The Hall–Kier alpha value is -1.51. The van der Waals surface area contributed by atoms with Gasteiger partial charge in [0.25, 0.3) is 10.0 Å². The van der Waals surface area contributed by atoms with Crippen LogP contribution in [-0.2, 0) is 16.4 Å². The van der Waals surface area contributed by atoms with Gasteiger partial charge in [-0.3, -0.25) is 4.72 Å². The molecule has 0 unspecified atom stereocenters. The fraction of sp³-hybridized carbons (Fsp3) is 0.231. The number of halogens is 4. The van der Waals surface area contributed by atoms with Gasteiger partial charge in [0.15, 0.2) is 0 Å². The zero-order valence-corrected chi connectivity index (χ0v) is 14.1. The number of sulfonamides is 1. The van der Waals surface area contributed by atoms with Crippen LogP contribution in [0.4, 0.5) is 14.5 Å². The van der Waals surface area contributed by atoms with Crippen LogP contribution in [0, 0.1) is 6.92 Å². The van der Waals surface area contributed by atoms with Crippen molar-refractivity contribution in [3.05, 3.63) is 51.5 Å². The maximum absolute atomic E-state index is 12.6. The maximum atomic E-state index is 12.6. The van der Waals surface area contributed by atoms with E-state index < -0.39 is 15.8 Å². The number of benzene rings is 1. The van der Waals surface area contributed by atoms with E-state index in [1.807, 2.05) is 0 Å². The largest absolute Gasteiger partial charge is 0.355 e. The van der Waals surface area contributed by atoms with E-state index in [4.69, 9.17) is 23.2 Å². The van der Waals surface area contributed by atoms with Crippen molar-refractivity contribution in [1.82, 2.24) is 9.97 Å². The van der Waals surface area contributed by atoms with Gasteiger partial charge in [0, 0.05) is 12.1 Å². The minimum atomic E-state index is -4.84. The van der Waals surface area contributed by atoms with E-state index in [-0.39, 0.29) is 22.3 Å². The van der Waals surface area contributed by atoms with Gasteiger partial charge in [-0.25, -0.2) is 18.4 Å². The first kappa shape index (κ1) is 17.8. The molecular formula is C13H11Cl2F2N3O2S. The summed E-state index contributed by atoms with van der Waals surface area (Å²) in [6.07, 6.45) is 0.0725. The minimum absolute atomic E-state index is 0.00882. The standard InChI is InChI=1S/C13H11Cl2F2N3O2S/c1-7-5-10(15)19-11(18-7)6-8-3-2-4-9(14)12(8)20-23(21,22)13(16)17/h2-5,13,20H,6H2,1H3. The van der Waals surface area contributed by atoms with Gasteiger partial charge in [0.2, 0.25) is 0 Å². The van der Waals surface area contributed by atoms with Gasteiger partial charge in [-0.05, 0) is 24.6 Å². The Balaban J connectivity index is 2.42.